The molecular formula is C10H15NS. The van der Waals surface area contributed by atoms with E-state index in [2.05, 4.69) is 31.2 Å². The van der Waals surface area contributed by atoms with E-state index in [0.29, 0.717) is 0 Å². The summed E-state index contributed by atoms with van der Waals surface area (Å²) < 4.78 is 0. The molecule has 1 aromatic carbocycles. The van der Waals surface area contributed by atoms with Crippen molar-refractivity contribution in [2.24, 2.45) is 5.73 Å². The SMILES string of the molecule is CCSc1cccc(CCN)c1. The highest BCUT2D eigenvalue weighted by Gasteiger charge is 1.94. The van der Waals surface area contributed by atoms with Crippen molar-refractivity contribution >= 4 is 11.8 Å². The monoisotopic (exact) mass is 181 g/mol. The summed E-state index contributed by atoms with van der Waals surface area (Å²) in [7, 11) is 0. The lowest BCUT2D eigenvalue weighted by Crippen LogP contribution is -2.02. The van der Waals surface area contributed by atoms with Gasteiger partial charge in [0.05, 0.1) is 0 Å². The number of thioether (sulfide) groups is 1. The Labute approximate surface area is 78.4 Å². The van der Waals surface area contributed by atoms with Crippen molar-refractivity contribution < 1.29 is 0 Å². The van der Waals surface area contributed by atoms with Crippen LogP contribution in [0.3, 0.4) is 0 Å². The molecule has 0 fully saturated rings. The number of rotatable bonds is 4. The Bertz CT molecular complexity index is 214. The molecule has 0 unspecified atom stereocenters. The smallest absolute Gasteiger partial charge is 0.00745 e. The van der Waals surface area contributed by atoms with Crippen molar-refractivity contribution in [2.75, 3.05) is 12.3 Å². The molecule has 66 valence electrons. The molecule has 2 N–H and O–H groups in total. The van der Waals surface area contributed by atoms with Crippen LogP contribution in [0.1, 0.15) is 12.5 Å². The third-order valence-electron chi connectivity index (χ3n) is 1.64. The lowest BCUT2D eigenvalue weighted by molar-refractivity contribution is 0.964. The number of hydrogen-bond acceptors (Lipinski definition) is 2. The normalized spacial score (nSPS) is 10.2. The zero-order valence-electron chi connectivity index (χ0n) is 7.42. The topological polar surface area (TPSA) is 26.0 Å². The lowest BCUT2D eigenvalue weighted by atomic mass is 10.2. The summed E-state index contributed by atoms with van der Waals surface area (Å²) in [5.74, 6) is 1.13. The van der Waals surface area contributed by atoms with Crippen LogP contribution in [0, 0.1) is 0 Å². The minimum absolute atomic E-state index is 0.736. The molecule has 1 nitrogen and oxygen atoms in total. The van der Waals surface area contributed by atoms with Crippen LogP contribution in [0.15, 0.2) is 29.2 Å². The second kappa shape index (κ2) is 5.22. The van der Waals surface area contributed by atoms with Gasteiger partial charge in [0, 0.05) is 4.90 Å². The van der Waals surface area contributed by atoms with E-state index in [1.807, 2.05) is 11.8 Å². The van der Waals surface area contributed by atoms with Crippen molar-refractivity contribution in [3.8, 4) is 0 Å². The zero-order valence-corrected chi connectivity index (χ0v) is 8.23. The third kappa shape index (κ3) is 2.88. The molecule has 0 aliphatic carbocycles. The average molecular weight is 181 g/mol. The lowest BCUT2D eigenvalue weighted by Gasteiger charge is -2.01. The Hall–Kier alpha value is -0.470. The fourth-order valence-electron chi connectivity index (χ4n) is 1.12. The predicted octanol–water partition coefficient (Wildman–Crippen LogP) is 2.30. The van der Waals surface area contributed by atoms with Gasteiger partial charge in [-0.2, -0.15) is 0 Å². The summed E-state index contributed by atoms with van der Waals surface area (Å²) in [6.45, 7) is 2.90. The maximum absolute atomic E-state index is 5.48. The molecular weight excluding hydrogens is 166 g/mol. The molecule has 0 bridgehead atoms. The summed E-state index contributed by atoms with van der Waals surface area (Å²) in [6, 6.07) is 8.60. The first-order chi connectivity index (χ1) is 5.86. The van der Waals surface area contributed by atoms with Crippen molar-refractivity contribution in [1.29, 1.82) is 0 Å². The molecule has 0 saturated carbocycles. The first-order valence-corrected chi connectivity index (χ1v) is 5.27. The molecule has 0 saturated heterocycles. The molecule has 12 heavy (non-hydrogen) atoms. The molecule has 0 heterocycles. The van der Waals surface area contributed by atoms with Gasteiger partial charge >= 0.3 is 0 Å². The summed E-state index contributed by atoms with van der Waals surface area (Å²) in [6.07, 6.45) is 0.984. The average Bonchev–Trinajstić information content (AvgIpc) is 2.06. The van der Waals surface area contributed by atoms with E-state index in [1.54, 1.807) is 0 Å². The van der Waals surface area contributed by atoms with E-state index in [0.717, 1.165) is 18.7 Å². The number of hydrogen-bond donors (Lipinski definition) is 1. The second-order valence-electron chi connectivity index (χ2n) is 2.62. The van der Waals surface area contributed by atoms with Crippen molar-refractivity contribution in [1.82, 2.24) is 0 Å². The van der Waals surface area contributed by atoms with E-state index < -0.39 is 0 Å². The maximum atomic E-state index is 5.48. The molecule has 0 aliphatic rings. The van der Waals surface area contributed by atoms with E-state index in [-0.39, 0.29) is 0 Å². The van der Waals surface area contributed by atoms with Crippen LogP contribution in [0.25, 0.3) is 0 Å². The van der Waals surface area contributed by atoms with Crippen molar-refractivity contribution in [3.63, 3.8) is 0 Å². The van der Waals surface area contributed by atoms with Gasteiger partial charge < -0.3 is 5.73 Å². The third-order valence-corrected chi connectivity index (χ3v) is 2.52. The fraction of sp³-hybridized carbons (Fsp3) is 0.400. The first-order valence-electron chi connectivity index (χ1n) is 4.28. The molecule has 0 aliphatic heterocycles. The van der Waals surface area contributed by atoms with E-state index in [4.69, 9.17) is 5.73 Å². The molecule has 1 rings (SSSR count). The van der Waals surface area contributed by atoms with Crippen LogP contribution in [0.4, 0.5) is 0 Å². The van der Waals surface area contributed by atoms with Gasteiger partial charge in [-0.05, 0) is 36.4 Å². The van der Waals surface area contributed by atoms with Gasteiger partial charge in [-0.3, -0.25) is 0 Å². The summed E-state index contributed by atoms with van der Waals surface area (Å²) in [4.78, 5) is 1.35. The Balaban J connectivity index is 2.67. The van der Waals surface area contributed by atoms with Crippen LogP contribution in [-0.4, -0.2) is 12.3 Å². The van der Waals surface area contributed by atoms with Gasteiger partial charge in [-0.15, -0.1) is 11.8 Å². The van der Waals surface area contributed by atoms with Crippen molar-refractivity contribution in [3.05, 3.63) is 29.8 Å². The molecule has 2 heteroatoms. The standard InChI is InChI=1S/C10H15NS/c1-2-12-10-5-3-4-9(8-10)6-7-11/h3-5,8H,2,6-7,11H2,1H3. The first kappa shape index (κ1) is 9.62. The van der Waals surface area contributed by atoms with Crippen LogP contribution >= 0.6 is 11.8 Å². The highest BCUT2D eigenvalue weighted by molar-refractivity contribution is 7.99. The predicted molar refractivity (Wildman–Crippen MR) is 55.6 cm³/mol. The number of benzene rings is 1. The highest BCUT2D eigenvalue weighted by Crippen LogP contribution is 2.18. The molecule has 0 spiro atoms. The Morgan fingerprint density at radius 2 is 2.25 bits per heavy atom. The maximum Gasteiger partial charge on any atom is 0.00745 e. The molecule has 0 amide bonds. The van der Waals surface area contributed by atoms with Gasteiger partial charge in [0.25, 0.3) is 0 Å². The fourth-order valence-corrected chi connectivity index (χ4v) is 1.87. The van der Waals surface area contributed by atoms with Crippen LogP contribution in [0.2, 0.25) is 0 Å². The summed E-state index contributed by atoms with van der Waals surface area (Å²) in [5, 5.41) is 0. The van der Waals surface area contributed by atoms with Crippen LogP contribution < -0.4 is 5.73 Å². The molecule has 0 radical (unpaired) electrons. The van der Waals surface area contributed by atoms with E-state index in [1.165, 1.54) is 10.5 Å². The highest BCUT2D eigenvalue weighted by atomic mass is 32.2. The van der Waals surface area contributed by atoms with Gasteiger partial charge in [0.15, 0.2) is 0 Å². The summed E-state index contributed by atoms with van der Waals surface area (Å²) in [5.41, 5.74) is 6.82. The van der Waals surface area contributed by atoms with Gasteiger partial charge in [-0.1, -0.05) is 19.1 Å². The Morgan fingerprint density at radius 3 is 2.92 bits per heavy atom. The van der Waals surface area contributed by atoms with E-state index in [9.17, 15) is 0 Å². The molecule has 0 atom stereocenters. The largest absolute Gasteiger partial charge is 0.330 e. The van der Waals surface area contributed by atoms with Gasteiger partial charge in [-0.25, -0.2) is 0 Å². The van der Waals surface area contributed by atoms with Crippen LogP contribution in [0.5, 0.6) is 0 Å². The van der Waals surface area contributed by atoms with E-state index >= 15 is 0 Å². The van der Waals surface area contributed by atoms with Crippen LogP contribution in [-0.2, 0) is 6.42 Å². The minimum atomic E-state index is 0.736. The quantitative estimate of drug-likeness (QED) is 0.721. The minimum Gasteiger partial charge on any atom is -0.330 e. The van der Waals surface area contributed by atoms with Gasteiger partial charge in [0.1, 0.15) is 0 Å². The Kier molecular flexibility index (Phi) is 4.19. The van der Waals surface area contributed by atoms with Crippen molar-refractivity contribution in [2.45, 2.75) is 18.2 Å². The van der Waals surface area contributed by atoms with Gasteiger partial charge in [0.2, 0.25) is 0 Å². The molecule has 1 aromatic rings. The number of nitrogens with two attached hydrogens (primary N) is 1. The molecule has 0 aromatic heterocycles. The Morgan fingerprint density at radius 1 is 1.42 bits per heavy atom. The zero-order chi connectivity index (χ0) is 8.81. The summed E-state index contributed by atoms with van der Waals surface area (Å²) >= 11 is 1.87. The second-order valence-corrected chi connectivity index (χ2v) is 3.96.